The number of carbonyl (C=O) groups is 3. The Balaban J connectivity index is 1.66. The number of hydrogen-bond donors (Lipinski definition) is 8. The second-order valence-corrected chi connectivity index (χ2v) is 10.3. The number of aliphatic hydroxyl groups is 4. The van der Waals surface area contributed by atoms with E-state index in [2.05, 4.69) is 21.5 Å². The lowest BCUT2D eigenvalue weighted by Crippen LogP contribution is -2.68. The van der Waals surface area contributed by atoms with Crippen LogP contribution in [0.1, 0.15) is 44.1 Å². The zero-order valence-electron chi connectivity index (χ0n) is 23.2. The van der Waals surface area contributed by atoms with Gasteiger partial charge in [-0.05, 0) is 42.0 Å². The van der Waals surface area contributed by atoms with Gasteiger partial charge in [-0.2, -0.15) is 0 Å². The summed E-state index contributed by atoms with van der Waals surface area (Å²) in [6.07, 6.45) is 3.00. The Morgan fingerprint density at radius 2 is 1.93 bits per heavy atom. The van der Waals surface area contributed by atoms with Crippen molar-refractivity contribution in [2.45, 2.75) is 81.2 Å². The van der Waals surface area contributed by atoms with Crippen molar-refractivity contribution in [3.63, 3.8) is 0 Å². The van der Waals surface area contributed by atoms with Gasteiger partial charge in [0.1, 0.15) is 18.8 Å². The first kappa shape index (κ1) is 33.0. The van der Waals surface area contributed by atoms with Crippen molar-refractivity contribution < 1.29 is 49.4 Å². The number of fused-ring (bicyclic) bond motifs is 1. The molecule has 13 heteroatoms. The molecule has 2 heterocycles. The Kier molecular flexibility index (Phi) is 12.3. The van der Waals surface area contributed by atoms with E-state index in [0.717, 1.165) is 29.3 Å². The van der Waals surface area contributed by atoms with Gasteiger partial charge in [0.25, 0.3) is 5.79 Å². The van der Waals surface area contributed by atoms with Gasteiger partial charge < -0.3 is 50.6 Å². The summed E-state index contributed by atoms with van der Waals surface area (Å²) in [5.74, 6) is -2.78. The third-order valence-corrected chi connectivity index (χ3v) is 7.14. The van der Waals surface area contributed by atoms with Gasteiger partial charge in [0, 0.05) is 31.1 Å². The number of amides is 2. The van der Waals surface area contributed by atoms with E-state index >= 15 is 0 Å². The SMILES string of the molecule is C#CCCCCCCO[C@]1(C(=O)O)C[C@H](O)[C@@H](NC(=O)CO)[C@H]([C@H](O)[C@H](O)CNC(=O)Cc2ccc3[nH]ccc3c2)O1. The summed E-state index contributed by atoms with van der Waals surface area (Å²) in [5.41, 5.74) is 1.64. The molecule has 0 spiro atoms. The molecule has 13 nitrogen and oxygen atoms in total. The van der Waals surface area contributed by atoms with E-state index in [1.54, 1.807) is 12.3 Å². The van der Waals surface area contributed by atoms with E-state index in [4.69, 9.17) is 15.9 Å². The summed E-state index contributed by atoms with van der Waals surface area (Å²) < 4.78 is 11.3. The number of carboxylic acid groups (broad SMARTS) is 1. The molecular weight excluding hydrogens is 550 g/mol. The number of benzene rings is 1. The standard InChI is InChI=1S/C29H39N3O10/c1-2-3-4-5-6-7-12-41-29(28(39)40)15-21(34)25(32-24(37)17-33)27(42-29)26(38)22(35)16-31-23(36)14-18-8-9-20-19(13-18)10-11-30-20/h1,8-11,13,21-22,25-27,30,33-35,38H,3-7,12,14-17H2,(H,31,36)(H,32,37)(H,39,40)/t21-,22+,25+,26+,27+,29+/m0/s1. The van der Waals surface area contributed by atoms with E-state index in [1.165, 1.54) is 0 Å². The van der Waals surface area contributed by atoms with Crippen LogP contribution < -0.4 is 10.6 Å². The largest absolute Gasteiger partial charge is 0.477 e. The summed E-state index contributed by atoms with van der Waals surface area (Å²) in [6, 6.07) is 5.91. The van der Waals surface area contributed by atoms with Gasteiger partial charge in [-0.25, -0.2) is 4.79 Å². The average Bonchev–Trinajstić information content (AvgIpc) is 3.44. The Labute approximate surface area is 243 Å². The lowest BCUT2D eigenvalue weighted by molar-refractivity contribution is -0.310. The van der Waals surface area contributed by atoms with Crippen molar-refractivity contribution in [1.82, 2.24) is 15.6 Å². The second-order valence-electron chi connectivity index (χ2n) is 10.3. The second kappa shape index (κ2) is 15.6. The first-order valence-corrected chi connectivity index (χ1v) is 13.9. The number of carboxylic acids is 1. The van der Waals surface area contributed by atoms with Crippen LogP contribution in [0.3, 0.4) is 0 Å². The zero-order valence-corrected chi connectivity index (χ0v) is 23.2. The van der Waals surface area contributed by atoms with Crippen LogP contribution in [0.5, 0.6) is 0 Å². The molecule has 8 N–H and O–H groups in total. The lowest BCUT2D eigenvalue weighted by Gasteiger charge is -2.46. The minimum Gasteiger partial charge on any atom is -0.477 e. The van der Waals surface area contributed by atoms with Gasteiger partial charge >= 0.3 is 5.97 Å². The van der Waals surface area contributed by atoms with E-state index in [0.29, 0.717) is 19.3 Å². The van der Waals surface area contributed by atoms with Crippen molar-refractivity contribution in [1.29, 1.82) is 0 Å². The fourth-order valence-electron chi connectivity index (χ4n) is 4.89. The number of ether oxygens (including phenoxy) is 2. The highest BCUT2D eigenvalue weighted by Crippen LogP contribution is 2.34. The summed E-state index contributed by atoms with van der Waals surface area (Å²) in [4.78, 5) is 39.8. The smallest absolute Gasteiger partial charge is 0.364 e. The van der Waals surface area contributed by atoms with Crippen LogP contribution in [0, 0.1) is 12.3 Å². The summed E-state index contributed by atoms with van der Waals surface area (Å²) in [7, 11) is 0. The number of aromatic nitrogens is 1. The fraction of sp³-hybridized carbons (Fsp3) is 0.552. The van der Waals surface area contributed by atoms with Crippen LogP contribution >= 0.6 is 0 Å². The molecule has 0 unspecified atom stereocenters. The predicted octanol–water partition coefficient (Wildman–Crippen LogP) is -0.443. The molecule has 2 amide bonds. The minimum absolute atomic E-state index is 0.00351. The molecule has 1 saturated heterocycles. The molecule has 1 aliphatic heterocycles. The van der Waals surface area contributed by atoms with Gasteiger partial charge in [0.2, 0.25) is 11.8 Å². The van der Waals surface area contributed by atoms with Gasteiger partial charge in [0.15, 0.2) is 0 Å². The third kappa shape index (κ3) is 8.75. The molecule has 42 heavy (non-hydrogen) atoms. The number of H-pyrrole nitrogens is 1. The third-order valence-electron chi connectivity index (χ3n) is 7.14. The Morgan fingerprint density at radius 3 is 2.64 bits per heavy atom. The van der Waals surface area contributed by atoms with E-state index < -0.39 is 73.6 Å². The Morgan fingerprint density at radius 1 is 1.17 bits per heavy atom. The maximum atomic E-state index is 12.5. The van der Waals surface area contributed by atoms with Crippen molar-refractivity contribution in [2.24, 2.45) is 0 Å². The fourth-order valence-corrected chi connectivity index (χ4v) is 4.89. The first-order chi connectivity index (χ1) is 20.1. The highest BCUT2D eigenvalue weighted by molar-refractivity contribution is 5.83. The van der Waals surface area contributed by atoms with Crippen LogP contribution in [0.15, 0.2) is 30.5 Å². The maximum absolute atomic E-state index is 12.5. The molecule has 1 fully saturated rings. The number of nitrogens with one attached hydrogen (secondary N) is 3. The summed E-state index contributed by atoms with van der Waals surface area (Å²) in [5, 5.41) is 57.5. The summed E-state index contributed by atoms with van der Waals surface area (Å²) in [6.45, 7) is -1.43. The molecular formula is C29H39N3O10. The van der Waals surface area contributed by atoms with E-state index in [-0.39, 0.29) is 13.0 Å². The maximum Gasteiger partial charge on any atom is 0.364 e. The number of unbranched alkanes of at least 4 members (excludes halogenated alkanes) is 4. The molecule has 0 saturated carbocycles. The average molecular weight is 590 g/mol. The topological polar surface area (TPSA) is 211 Å². The number of rotatable bonds is 16. The zero-order chi connectivity index (χ0) is 30.7. The quantitative estimate of drug-likeness (QED) is 0.0934. The molecule has 0 aliphatic carbocycles. The molecule has 3 rings (SSSR count). The van der Waals surface area contributed by atoms with Crippen molar-refractivity contribution in [2.75, 3.05) is 19.8 Å². The molecule has 0 bridgehead atoms. The van der Waals surface area contributed by atoms with Gasteiger partial charge in [0.05, 0.1) is 31.3 Å². The van der Waals surface area contributed by atoms with Crippen LogP contribution in [-0.4, -0.2) is 104 Å². The highest BCUT2D eigenvalue weighted by Gasteiger charge is 2.55. The Bertz CT molecular complexity index is 1240. The van der Waals surface area contributed by atoms with E-state index in [1.807, 2.05) is 18.2 Å². The normalized spacial score (nSPS) is 23.5. The number of terminal acetylenes is 1. The van der Waals surface area contributed by atoms with E-state index in [9.17, 15) is 39.9 Å². The van der Waals surface area contributed by atoms with Crippen LogP contribution in [-0.2, 0) is 30.3 Å². The summed E-state index contributed by atoms with van der Waals surface area (Å²) >= 11 is 0. The van der Waals surface area contributed by atoms with Gasteiger partial charge in [-0.15, -0.1) is 12.3 Å². The molecule has 2 aromatic rings. The molecule has 1 aromatic heterocycles. The van der Waals surface area contributed by atoms with Gasteiger partial charge in [-0.3, -0.25) is 9.59 Å². The van der Waals surface area contributed by atoms with Crippen molar-refractivity contribution >= 4 is 28.7 Å². The Hall–Kier alpha value is -3.51. The molecule has 1 aliphatic rings. The number of aliphatic carboxylic acids is 1. The van der Waals surface area contributed by atoms with Gasteiger partial charge in [-0.1, -0.05) is 18.9 Å². The highest BCUT2D eigenvalue weighted by atomic mass is 16.7. The number of aromatic amines is 1. The first-order valence-electron chi connectivity index (χ1n) is 13.9. The molecule has 230 valence electrons. The molecule has 1 aromatic carbocycles. The predicted molar refractivity (Wildman–Crippen MR) is 150 cm³/mol. The van der Waals surface area contributed by atoms with Crippen LogP contribution in [0.2, 0.25) is 0 Å². The van der Waals surface area contributed by atoms with Crippen molar-refractivity contribution in [3.05, 3.63) is 36.0 Å². The lowest BCUT2D eigenvalue weighted by atomic mass is 9.88. The number of carbonyl (C=O) groups excluding carboxylic acids is 2. The monoisotopic (exact) mass is 589 g/mol. The van der Waals surface area contributed by atoms with Crippen molar-refractivity contribution in [3.8, 4) is 12.3 Å². The minimum atomic E-state index is -2.38. The number of aliphatic hydroxyl groups excluding tert-OH is 4. The van der Waals surface area contributed by atoms with Crippen LogP contribution in [0.4, 0.5) is 0 Å². The molecule has 0 radical (unpaired) electrons. The molecule has 6 atom stereocenters. The van der Waals surface area contributed by atoms with Crippen LogP contribution in [0.25, 0.3) is 10.9 Å². The number of hydrogen-bond acceptors (Lipinski definition) is 9.